The van der Waals surface area contributed by atoms with Gasteiger partial charge in [0.05, 0.1) is 6.67 Å². The van der Waals surface area contributed by atoms with E-state index < -0.39 is 0 Å². The molecule has 20 heavy (non-hydrogen) atoms. The van der Waals surface area contributed by atoms with Crippen molar-refractivity contribution in [1.29, 1.82) is 0 Å². The first-order chi connectivity index (χ1) is 9.47. The summed E-state index contributed by atoms with van der Waals surface area (Å²) in [6.07, 6.45) is 0. The Morgan fingerprint density at radius 2 is 1.25 bits per heavy atom. The fourth-order valence-electron chi connectivity index (χ4n) is 4.09. The Kier molecular flexibility index (Phi) is 4.10. The molecule has 0 bridgehead atoms. The van der Waals surface area contributed by atoms with Crippen LogP contribution < -0.4 is 0 Å². The molecule has 0 N–H and O–H groups in total. The third kappa shape index (κ3) is 2.89. The first-order valence-corrected chi connectivity index (χ1v) is 8.40. The van der Waals surface area contributed by atoms with E-state index in [4.69, 9.17) is 0 Å². The predicted octanol–water partition coefficient (Wildman–Crippen LogP) is 0.996. The minimum atomic E-state index is 0.671. The SMILES string of the molecule is CC(C)N1CCN(CN2CC3(C2)CN(C(C)C)C3)CC1. The molecule has 0 aliphatic carbocycles. The fourth-order valence-corrected chi connectivity index (χ4v) is 4.09. The summed E-state index contributed by atoms with van der Waals surface area (Å²) in [6.45, 7) is 20.8. The molecule has 4 heteroatoms. The highest BCUT2D eigenvalue weighted by Gasteiger charge is 2.52. The molecule has 3 fully saturated rings. The lowest BCUT2D eigenvalue weighted by Gasteiger charge is -2.62. The average Bonchev–Trinajstić information content (AvgIpc) is 2.30. The minimum Gasteiger partial charge on any atom is -0.300 e. The lowest BCUT2D eigenvalue weighted by Crippen LogP contribution is -2.74. The largest absolute Gasteiger partial charge is 0.300 e. The van der Waals surface area contributed by atoms with Gasteiger partial charge >= 0.3 is 0 Å². The topological polar surface area (TPSA) is 13.0 Å². The zero-order chi connectivity index (χ0) is 14.3. The van der Waals surface area contributed by atoms with Crippen molar-refractivity contribution in [1.82, 2.24) is 19.6 Å². The zero-order valence-corrected chi connectivity index (χ0v) is 13.8. The van der Waals surface area contributed by atoms with Crippen molar-refractivity contribution < 1.29 is 0 Å². The van der Waals surface area contributed by atoms with Crippen LogP contribution in [0.15, 0.2) is 0 Å². The van der Waals surface area contributed by atoms with Gasteiger partial charge in [-0.15, -0.1) is 0 Å². The second-order valence-corrected chi connectivity index (χ2v) is 7.87. The van der Waals surface area contributed by atoms with Crippen molar-refractivity contribution in [2.75, 3.05) is 59.0 Å². The standard InChI is InChI=1S/C16H32N4/c1-14(2)19-7-5-17(6-8-19)13-18-9-16(10-18)11-20(12-16)15(3)4/h14-15H,5-13H2,1-4H3. The van der Waals surface area contributed by atoms with Crippen molar-refractivity contribution in [2.45, 2.75) is 39.8 Å². The Hall–Kier alpha value is -0.160. The second kappa shape index (κ2) is 5.56. The molecule has 3 aliphatic heterocycles. The summed E-state index contributed by atoms with van der Waals surface area (Å²) in [5, 5.41) is 0. The van der Waals surface area contributed by atoms with E-state index in [0.29, 0.717) is 11.5 Å². The highest BCUT2D eigenvalue weighted by atomic mass is 15.4. The first-order valence-electron chi connectivity index (χ1n) is 8.40. The summed E-state index contributed by atoms with van der Waals surface area (Å²) in [4.78, 5) is 10.5. The molecule has 0 atom stereocenters. The minimum absolute atomic E-state index is 0.671. The normalized spacial score (nSPS) is 29.1. The zero-order valence-electron chi connectivity index (χ0n) is 13.8. The van der Waals surface area contributed by atoms with Gasteiger partial charge in [0.1, 0.15) is 0 Å². The van der Waals surface area contributed by atoms with Crippen LogP contribution in [0, 0.1) is 5.41 Å². The molecule has 4 nitrogen and oxygen atoms in total. The van der Waals surface area contributed by atoms with Crippen molar-refractivity contribution >= 4 is 0 Å². The van der Waals surface area contributed by atoms with Crippen molar-refractivity contribution in [3.8, 4) is 0 Å². The van der Waals surface area contributed by atoms with Gasteiger partial charge in [-0.3, -0.25) is 19.6 Å². The highest BCUT2D eigenvalue weighted by Crippen LogP contribution is 2.40. The van der Waals surface area contributed by atoms with E-state index in [2.05, 4.69) is 47.3 Å². The number of nitrogens with zero attached hydrogens (tertiary/aromatic N) is 4. The monoisotopic (exact) mass is 280 g/mol. The van der Waals surface area contributed by atoms with Crippen LogP contribution >= 0.6 is 0 Å². The maximum atomic E-state index is 2.66. The summed E-state index contributed by atoms with van der Waals surface area (Å²) in [7, 11) is 0. The van der Waals surface area contributed by atoms with Gasteiger partial charge in [0.2, 0.25) is 0 Å². The average molecular weight is 280 g/mol. The second-order valence-electron chi connectivity index (χ2n) is 7.87. The summed E-state index contributed by atoms with van der Waals surface area (Å²) in [5.74, 6) is 0. The Morgan fingerprint density at radius 3 is 1.75 bits per heavy atom. The molecule has 3 saturated heterocycles. The Bertz CT molecular complexity index is 319. The summed E-state index contributed by atoms with van der Waals surface area (Å²) in [6, 6.07) is 1.44. The van der Waals surface area contributed by atoms with Crippen molar-refractivity contribution in [2.24, 2.45) is 5.41 Å². The van der Waals surface area contributed by atoms with E-state index in [1.165, 1.54) is 59.0 Å². The number of hydrogen-bond acceptors (Lipinski definition) is 4. The molecule has 1 spiro atoms. The third-order valence-corrected chi connectivity index (χ3v) is 5.46. The quantitative estimate of drug-likeness (QED) is 0.761. The Balaban J connectivity index is 1.34. The molecule has 0 radical (unpaired) electrons. The van der Waals surface area contributed by atoms with Gasteiger partial charge in [0.15, 0.2) is 0 Å². The number of hydrogen-bond donors (Lipinski definition) is 0. The van der Waals surface area contributed by atoms with Crippen LogP contribution in [0.2, 0.25) is 0 Å². The van der Waals surface area contributed by atoms with Crippen molar-refractivity contribution in [3.63, 3.8) is 0 Å². The molecule has 0 aromatic carbocycles. The predicted molar refractivity (Wildman–Crippen MR) is 83.9 cm³/mol. The molecule has 0 saturated carbocycles. The van der Waals surface area contributed by atoms with Crippen LogP contribution in [0.5, 0.6) is 0 Å². The lowest BCUT2D eigenvalue weighted by atomic mass is 9.72. The van der Waals surface area contributed by atoms with Crippen LogP contribution in [-0.4, -0.2) is 90.7 Å². The molecule has 3 aliphatic rings. The number of rotatable bonds is 4. The molecule has 116 valence electrons. The molecule has 3 heterocycles. The van der Waals surface area contributed by atoms with E-state index in [-0.39, 0.29) is 0 Å². The molecule has 0 amide bonds. The van der Waals surface area contributed by atoms with E-state index in [0.717, 1.165) is 6.04 Å². The van der Waals surface area contributed by atoms with Gasteiger partial charge in [-0.25, -0.2) is 0 Å². The van der Waals surface area contributed by atoms with Gasteiger partial charge in [-0.2, -0.15) is 0 Å². The van der Waals surface area contributed by atoms with Crippen LogP contribution in [0.25, 0.3) is 0 Å². The van der Waals surface area contributed by atoms with E-state index in [1.807, 2.05) is 0 Å². The maximum absolute atomic E-state index is 2.66. The van der Waals surface area contributed by atoms with Crippen LogP contribution in [-0.2, 0) is 0 Å². The Labute approximate surface area is 124 Å². The van der Waals surface area contributed by atoms with Crippen LogP contribution in [0.3, 0.4) is 0 Å². The molecular formula is C16H32N4. The maximum Gasteiger partial charge on any atom is 0.0507 e. The molecule has 0 unspecified atom stereocenters. The summed E-state index contributed by atoms with van der Waals surface area (Å²) >= 11 is 0. The van der Waals surface area contributed by atoms with E-state index in [9.17, 15) is 0 Å². The molecule has 3 rings (SSSR count). The molecular weight excluding hydrogens is 248 g/mol. The van der Waals surface area contributed by atoms with Gasteiger partial charge in [0.25, 0.3) is 0 Å². The molecule has 0 aromatic rings. The van der Waals surface area contributed by atoms with Gasteiger partial charge in [-0.05, 0) is 27.7 Å². The van der Waals surface area contributed by atoms with Gasteiger partial charge in [0, 0.05) is 69.9 Å². The number of likely N-dealkylation sites (tertiary alicyclic amines) is 2. The van der Waals surface area contributed by atoms with Crippen LogP contribution in [0.4, 0.5) is 0 Å². The lowest BCUT2D eigenvalue weighted by molar-refractivity contribution is -0.140. The number of piperazine rings is 1. The molecule has 0 aromatic heterocycles. The summed E-state index contributed by atoms with van der Waals surface area (Å²) < 4.78 is 0. The van der Waals surface area contributed by atoms with Crippen LogP contribution in [0.1, 0.15) is 27.7 Å². The van der Waals surface area contributed by atoms with E-state index in [1.54, 1.807) is 0 Å². The van der Waals surface area contributed by atoms with E-state index >= 15 is 0 Å². The smallest absolute Gasteiger partial charge is 0.0507 e. The van der Waals surface area contributed by atoms with Gasteiger partial charge < -0.3 is 0 Å². The first kappa shape index (κ1) is 14.8. The highest BCUT2D eigenvalue weighted by molar-refractivity contribution is 5.06. The van der Waals surface area contributed by atoms with Crippen molar-refractivity contribution in [3.05, 3.63) is 0 Å². The Morgan fingerprint density at radius 1 is 0.700 bits per heavy atom. The fraction of sp³-hybridized carbons (Fsp3) is 1.00. The van der Waals surface area contributed by atoms with Gasteiger partial charge in [-0.1, -0.05) is 0 Å². The summed E-state index contributed by atoms with van der Waals surface area (Å²) in [5.41, 5.74) is 0.671. The third-order valence-electron chi connectivity index (χ3n) is 5.46.